The molecule has 6 nitrogen and oxygen atoms in total. The van der Waals surface area contributed by atoms with Crippen LogP contribution < -0.4 is 16.6 Å². The van der Waals surface area contributed by atoms with Crippen molar-refractivity contribution < 1.29 is 4.79 Å². The van der Waals surface area contributed by atoms with Gasteiger partial charge in [0.15, 0.2) is 5.82 Å². The Kier molecular flexibility index (Phi) is 4.68. The van der Waals surface area contributed by atoms with E-state index in [9.17, 15) is 4.79 Å². The zero-order valence-electron chi connectivity index (χ0n) is 11.2. The van der Waals surface area contributed by atoms with E-state index < -0.39 is 0 Å². The first-order chi connectivity index (χ1) is 9.22. The maximum absolute atomic E-state index is 12.1. The molecule has 2 atom stereocenters. The smallest absolute Gasteiger partial charge is 0.271 e. The van der Waals surface area contributed by atoms with Gasteiger partial charge in [-0.15, -0.1) is 0 Å². The number of hydrazine groups is 1. The first-order valence-electron chi connectivity index (χ1n) is 6.82. The van der Waals surface area contributed by atoms with Crippen LogP contribution in [0.15, 0.2) is 12.4 Å². The SMILES string of the molecule is CCC1CCCC(NC(=O)c2cncc(NN)n2)C1. The van der Waals surface area contributed by atoms with Crippen LogP contribution in [0.5, 0.6) is 0 Å². The Hall–Kier alpha value is -1.69. The van der Waals surface area contributed by atoms with Crippen LogP contribution in [-0.2, 0) is 0 Å². The number of hydrogen-bond donors (Lipinski definition) is 3. The summed E-state index contributed by atoms with van der Waals surface area (Å²) >= 11 is 0. The number of carbonyl (C=O) groups is 1. The first-order valence-corrected chi connectivity index (χ1v) is 6.82. The van der Waals surface area contributed by atoms with E-state index >= 15 is 0 Å². The molecule has 19 heavy (non-hydrogen) atoms. The molecular formula is C13H21N5O. The molecular weight excluding hydrogens is 242 g/mol. The van der Waals surface area contributed by atoms with Gasteiger partial charge >= 0.3 is 0 Å². The summed E-state index contributed by atoms with van der Waals surface area (Å²) in [4.78, 5) is 20.1. The lowest BCUT2D eigenvalue weighted by atomic mass is 9.84. The van der Waals surface area contributed by atoms with Crippen LogP contribution in [0.4, 0.5) is 5.82 Å². The Morgan fingerprint density at radius 2 is 2.32 bits per heavy atom. The standard InChI is InChI=1S/C13H21N5O/c1-2-9-4-3-5-10(6-9)16-13(19)11-7-15-8-12(17-11)18-14/h7-10H,2-6,14H2,1H3,(H,16,19)(H,17,18). The average molecular weight is 263 g/mol. The number of carbonyl (C=O) groups excluding carboxylic acids is 1. The molecule has 1 aliphatic carbocycles. The van der Waals surface area contributed by atoms with Crippen LogP contribution >= 0.6 is 0 Å². The van der Waals surface area contributed by atoms with Crippen molar-refractivity contribution in [1.82, 2.24) is 15.3 Å². The number of nitrogens with two attached hydrogens (primary N) is 1. The van der Waals surface area contributed by atoms with E-state index in [4.69, 9.17) is 5.84 Å². The van der Waals surface area contributed by atoms with Crippen molar-refractivity contribution in [2.24, 2.45) is 11.8 Å². The van der Waals surface area contributed by atoms with Gasteiger partial charge in [0, 0.05) is 6.04 Å². The molecule has 1 aliphatic rings. The van der Waals surface area contributed by atoms with Crippen LogP contribution in [0.3, 0.4) is 0 Å². The predicted octanol–water partition coefficient (Wildman–Crippen LogP) is 1.46. The van der Waals surface area contributed by atoms with E-state index in [0.29, 0.717) is 11.5 Å². The van der Waals surface area contributed by atoms with Gasteiger partial charge in [0.1, 0.15) is 5.69 Å². The number of rotatable bonds is 4. The molecule has 1 aromatic rings. The summed E-state index contributed by atoms with van der Waals surface area (Å²) < 4.78 is 0. The van der Waals surface area contributed by atoms with Crippen LogP contribution in [0.1, 0.15) is 49.5 Å². The first kappa shape index (κ1) is 13.7. The largest absolute Gasteiger partial charge is 0.348 e. The lowest BCUT2D eigenvalue weighted by molar-refractivity contribution is 0.0914. The summed E-state index contributed by atoms with van der Waals surface area (Å²) in [6.45, 7) is 2.21. The minimum atomic E-state index is -0.175. The van der Waals surface area contributed by atoms with Gasteiger partial charge in [-0.3, -0.25) is 9.78 Å². The minimum Gasteiger partial charge on any atom is -0.348 e. The fourth-order valence-electron chi connectivity index (χ4n) is 2.60. The topological polar surface area (TPSA) is 92.9 Å². The highest BCUT2D eigenvalue weighted by atomic mass is 16.1. The highest BCUT2D eigenvalue weighted by Gasteiger charge is 2.23. The van der Waals surface area contributed by atoms with Gasteiger partial charge in [-0.1, -0.05) is 26.2 Å². The van der Waals surface area contributed by atoms with Crippen LogP contribution in [0.25, 0.3) is 0 Å². The Morgan fingerprint density at radius 3 is 3.05 bits per heavy atom. The Balaban J connectivity index is 1.96. The highest BCUT2D eigenvalue weighted by Crippen LogP contribution is 2.26. The molecule has 0 aliphatic heterocycles. The summed E-state index contributed by atoms with van der Waals surface area (Å²) in [6, 6.07) is 0.252. The van der Waals surface area contributed by atoms with Crippen molar-refractivity contribution in [2.75, 3.05) is 5.43 Å². The molecule has 0 saturated heterocycles. The molecule has 2 rings (SSSR count). The van der Waals surface area contributed by atoms with E-state index in [-0.39, 0.29) is 11.9 Å². The van der Waals surface area contributed by atoms with Crippen LogP contribution in [0.2, 0.25) is 0 Å². The Morgan fingerprint density at radius 1 is 1.47 bits per heavy atom. The Bertz CT molecular complexity index is 437. The van der Waals surface area contributed by atoms with Crippen molar-refractivity contribution in [3.8, 4) is 0 Å². The summed E-state index contributed by atoms with van der Waals surface area (Å²) in [5, 5.41) is 3.04. The maximum atomic E-state index is 12.1. The third kappa shape index (κ3) is 3.64. The molecule has 104 valence electrons. The van der Waals surface area contributed by atoms with Gasteiger partial charge in [-0.2, -0.15) is 0 Å². The van der Waals surface area contributed by atoms with E-state index in [1.165, 1.54) is 31.7 Å². The summed E-state index contributed by atoms with van der Waals surface area (Å²) in [7, 11) is 0. The van der Waals surface area contributed by atoms with Gasteiger partial charge < -0.3 is 10.7 Å². The van der Waals surface area contributed by atoms with E-state index in [2.05, 4.69) is 27.6 Å². The summed E-state index contributed by atoms with van der Waals surface area (Å²) in [5.74, 6) is 6.20. The molecule has 1 fully saturated rings. The summed E-state index contributed by atoms with van der Waals surface area (Å²) in [6.07, 6.45) is 8.67. The third-order valence-electron chi connectivity index (χ3n) is 3.71. The van der Waals surface area contributed by atoms with Gasteiger partial charge in [-0.05, 0) is 18.8 Å². The molecule has 0 aromatic carbocycles. The fraction of sp³-hybridized carbons (Fsp3) is 0.615. The van der Waals surface area contributed by atoms with Crippen LogP contribution in [0, 0.1) is 5.92 Å². The van der Waals surface area contributed by atoms with Crippen molar-refractivity contribution in [1.29, 1.82) is 0 Å². The number of hydrogen-bond acceptors (Lipinski definition) is 5. The second kappa shape index (κ2) is 6.47. The number of nitrogens with zero attached hydrogens (tertiary/aromatic N) is 2. The monoisotopic (exact) mass is 263 g/mol. The molecule has 0 spiro atoms. The molecule has 1 saturated carbocycles. The van der Waals surface area contributed by atoms with Gasteiger partial charge in [-0.25, -0.2) is 10.8 Å². The fourth-order valence-corrected chi connectivity index (χ4v) is 2.60. The molecule has 1 aromatic heterocycles. The van der Waals surface area contributed by atoms with Crippen molar-refractivity contribution in [2.45, 2.75) is 45.1 Å². The molecule has 1 heterocycles. The van der Waals surface area contributed by atoms with Crippen LogP contribution in [-0.4, -0.2) is 21.9 Å². The number of aromatic nitrogens is 2. The Labute approximate surface area is 113 Å². The molecule has 0 radical (unpaired) electrons. The van der Waals surface area contributed by atoms with E-state index in [1.807, 2.05) is 0 Å². The predicted molar refractivity (Wildman–Crippen MR) is 73.3 cm³/mol. The molecule has 2 unspecified atom stereocenters. The second-order valence-corrected chi connectivity index (χ2v) is 5.05. The second-order valence-electron chi connectivity index (χ2n) is 5.05. The highest BCUT2D eigenvalue weighted by molar-refractivity contribution is 5.92. The molecule has 0 bridgehead atoms. The number of nitrogens with one attached hydrogen (secondary N) is 2. The van der Waals surface area contributed by atoms with Gasteiger partial charge in [0.2, 0.25) is 0 Å². The van der Waals surface area contributed by atoms with Crippen molar-refractivity contribution in [3.05, 3.63) is 18.1 Å². The zero-order valence-corrected chi connectivity index (χ0v) is 11.2. The molecule has 4 N–H and O–H groups in total. The van der Waals surface area contributed by atoms with Gasteiger partial charge in [0.05, 0.1) is 12.4 Å². The maximum Gasteiger partial charge on any atom is 0.271 e. The minimum absolute atomic E-state index is 0.175. The van der Waals surface area contributed by atoms with Crippen molar-refractivity contribution in [3.63, 3.8) is 0 Å². The number of anilines is 1. The molecule has 1 amide bonds. The molecule has 6 heteroatoms. The lowest BCUT2D eigenvalue weighted by Gasteiger charge is -2.28. The van der Waals surface area contributed by atoms with E-state index in [1.54, 1.807) is 0 Å². The van der Waals surface area contributed by atoms with Gasteiger partial charge in [0.25, 0.3) is 5.91 Å². The van der Waals surface area contributed by atoms with Crippen molar-refractivity contribution >= 4 is 11.7 Å². The average Bonchev–Trinajstić information content (AvgIpc) is 2.47. The zero-order chi connectivity index (χ0) is 13.7. The number of nitrogen functional groups attached to an aromatic ring is 1. The van der Waals surface area contributed by atoms with E-state index in [0.717, 1.165) is 18.8 Å². The quantitative estimate of drug-likeness (QED) is 0.565. The lowest BCUT2D eigenvalue weighted by Crippen LogP contribution is -2.38. The number of amides is 1. The summed E-state index contributed by atoms with van der Waals surface area (Å²) in [5.41, 5.74) is 2.69. The normalized spacial score (nSPS) is 22.8. The third-order valence-corrected chi connectivity index (χ3v) is 3.71.